The quantitative estimate of drug-likeness (QED) is 0.733. The van der Waals surface area contributed by atoms with Crippen LogP contribution in [0.2, 0.25) is 0 Å². The first kappa shape index (κ1) is 13.4. The maximum atomic E-state index is 12.2. The molecule has 3 rings (SSSR count). The van der Waals surface area contributed by atoms with Crippen molar-refractivity contribution in [3.05, 3.63) is 0 Å². The number of hydrogen-bond donors (Lipinski definition) is 2. The Hall–Kier alpha value is -1.59. The van der Waals surface area contributed by atoms with E-state index < -0.39 is 11.6 Å². The Kier molecular flexibility index (Phi) is 3.40. The average molecular weight is 279 g/mol. The number of nitrogens with one attached hydrogen (secondary N) is 2. The average Bonchev–Trinajstić information content (AvgIpc) is 3.00. The van der Waals surface area contributed by atoms with Gasteiger partial charge in [0.05, 0.1) is 0 Å². The number of likely N-dealkylation sites (tertiary alicyclic amines) is 1. The molecule has 6 nitrogen and oxygen atoms in total. The molecule has 1 spiro atoms. The number of hydrogen-bond acceptors (Lipinski definition) is 3. The molecular weight excluding hydrogens is 258 g/mol. The summed E-state index contributed by atoms with van der Waals surface area (Å²) in [6.07, 6.45) is 6.50. The molecular formula is C14H21N3O3. The normalized spacial score (nSPS) is 25.9. The van der Waals surface area contributed by atoms with Gasteiger partial charge >= 0.3 is 6.03 Å². The van der Waals surface area contributed by atoms with Gasteiger partial charge in [0.15, 0.2) is 0 Å². The molecule has 20 heavy (non-hydrogen) atoms. The van der Waals surface area contributed by atoms with Crippen molar-refractivity contribution in [1.29, 1.82) is 0 Å². The molecule has 3 fully saturated rings. The molecule has 2 saturated heterocycles. The van der Waals surface area contributed by atoms with Crippen LogP contribution in [-0.2, 0) is 9.59 Å². The number of rotatable bonds is 2. The minimum Gasteiger partial charge on any atom is -0.342 e. The number of carbonyl (C=O) groups excluding carboxylic acids is 3. The summed E-state index contributed by atoms with van der Waals surface area (Å²) in [6.45, 7) is 1.11. The Morgan fingerprint density at radius 1 is 1.20 bits per heavy atom. The standard InChI is InChI=1S/C14H21N3O3/c18-11(9-10-3-1-2-4-10)17-7-5-14(6-8-17)12(19)15-13(20)16-14/h10H,1-9H2,(H2,15,16,19,20). The largest absolute Gasteiger partial charge is 0.342 e. The lowest BCUT2D eigenvalue weighted by atomic mass is 9.87. The zero-order valence-corrected chi connectivity index (χ0v) is 11.6. The van der Waals surface area contributed by atoms with Gasteiger partial charge < -0.3 is 10.2 Å². The maximum Gasteiger partial charge on any atom is 0.322 e. The summed E-state index contributed by atoms with van der Waals surface area (Å²) in [7, 11) is 0. The molecule has 0 radical (unpaired) electrons. The SMILES string of the molecule is O=C1NC(=O)C2(CCN(C(=O)CC3CCCC3)CC2)N1. The number of piperidine rings is 1. The summed E-state index contributed by atoms with van der Waals surface area (Å²) in [5.41, 5.74) is -0.777. The fraction of sp³-hybridized carbons (Fsp3) is 0.786. The number of carbonyl (C=O) groups is 3. The molecule has 1 saturated carbocycles. The van der Waals surface area contributed by atoms with Gasteiger partial charge in [-0.3, -0.25) is 14.9 Å². The van der Waals surface area contributed by atoms with Crippen LogP contribution < -0.4 is 10.6 Å². The second kappa shape index (κ2) is 5.07. The summed E-state index contributed by atoms with van der Waals surface area (Å²) in [6, 6.07) is -0.416. The monoisotopic (exact) mass is 279 g/mol. The topological polar surface area (TPSA) is 78.5 Å². The van der Waals surface area contributed by atoms with Crippen molar-refractivity contribution in [2.45, 2.75) is 50.5 Å². The molecule has 110 valence electrons. The first-order valence-corrected chi connectivity index (χ1v) is 7.50. The van der Waals surface area contributed by atoms with Crippen molar-refractivity contribution < 1.29 is 14.4 Å². The lowest BCUT2D eigenvalue weighted by molar-refractivity contribution is -0.136. The molecule has 0 bridgehead atoms. The first-order chi connectivity index (χ1) is 9.59. The van der Waals surface area contributed by atoms with Crippen LogP contribution in [0.4, 0.5) is 4.79 Å². The molecule has 1 aliphatic carbocycles. The van der Waals surface area contributed by atoms with Crippen LogP contribution in [0.15, 0.2) is 0 Å². The molecule has 0 aromatic heterocycles. The Morgan fingerprint density at radius 3 is 2.40 bits per heavy atom. The molecule has 2 aliphatic heterocycles. The van der Waals surface area contributed by atoms with Gasteiger partial charge in [-0.25, -0.2) is 4.79 Å². The maximum absolute atomic E-state index is 12.2. The van der Waals surface area contributed by atoms with Crippen LogP contribution in [0.5, 0.6) is 0 Å². The molecule has 0 aromatic rings. The van der Waals surface area contributed by atoms with E-state index in [9.17, 15) is 14.4 Å². The van der Waals surface area contributed by atoms with Crippen LogP contribution >= 0.6 is 0 Å². The predicted molar refractivity (Wildman–Crippen MR) is 71.8 cm³/mol. The van der Waals surface area contributed by atoms with Crippen LogP contribution in [-0.4, -0.2) is 41.4 Å². The molecule has 0 unspecified atom stereocenters. The highest BCUT2D eigenvalue weighted by atomic mass is 16.2. The van der Waals surface area contributed by atoms with Crippen molar-refractivity contribution in [1.82, 2.24) is 15.5 Å². The van der Waals surface area contributed by atoms with Crippen molar-refractivity contribution in [2.75, 3.05) is 13.1 Å². The fourth-order valence-electron chi connectivity index (χ4n) is 3.61. The van der Waals surface area contributed by atoms with Gasteiger partial charge in [-0.05, 0) is 31.6 Å². The number of urea groups is 1. The zero-order valence-electron chi connectivity index (χ0n) is 11.6. The van der Waals surface area contributed by atoms with E-state index in [1.807, 2.05) is 4.90 Å². The summed E-state index contributed by atoms with van der Waals surface area (Å²) in [5, 5.41) is 5.00. The fourth-order valence-corrected chi connectivity index (χ4v) is 3.61. The van der Waals surface area contributed by atoms with Gasteiger partial charge in [0.25, 0.3) is 5.91 Å². The predicted octanol–water partition coefficient (Wildman–Crippen LogP) is 0.767. The van der Waals surface area contributed by atoms with E-state index in [1.54, 1.807) is 0 Å². The van der Waals surface area contributed by atoms with Gasteiger partial charge in [-0.15, -0.1) is 0 Å². The number of nitrogens with zero attached hydrogens (tertiary/aromatic N) is 1. The Balaban J connectivity index is 1.54. The lowest BCUT2D eigenvalue weighted by Gasteiger charge is -2.37. The van der Waals surface area contributed by atoms with Crippen LogP contribution in [0, 0.1) is 5.92 Å². The molecule has 0 atom stereocenters. The zero-order chi connectivity index (χ0) is 14.2. The van der Waals surface area contributed by atoms with E-state index in [2.05, 4.69) is 10.6 Å². The summed E-state index contributed by atoms with van der Waals surface area (Å²) in [5.74, 6) is 0.509. The second-order valence-corrected chi connectivity index (χ2v) is 6.23. The van der Waals surface area contributed by atoms with E-state index >= 15 is 0 Å². The van der Waals surface area contributed by atoms with Gasteiger partial charge in [0, 0.05) is 19.5 Å². The molecule has 3 aliphatic rings. The third-order valence-electron chi connectivity index (χ3n) is 4.92. The molecule has 2 heterocycles. The van der Waals surface area contributed by atoms with Crippen LogP contribution in [0.3, 0.4) is 0 Å². The highest BCUT2D eigenvalue weighted by molar-refractivity contribution is 6.07. The van der Waals surface area contributed by atoms with Crippen molar-refractivity contribution >= 4 is 17.8 Å². The Labute approximate surface area is 118 Å². The minimum absolute atomic E-state index is 0.205. The first-order valence-electron chi connectivity index (χ1n) is 7.50. The molecule has 2 N–H and O–H groups in total. The third-order valence-corrected chi connectivity index (χ3v) is 4.92. The highest BCUT2D eigenvalue weighted by Gasteiger charge is 2.48. The lowest BCUT2D eigenvalue weighted by Crippen LogP contribution is -2.55. The van der Waals surface area contributed by atoms with E-state index in [1.165, 1.54) is 25.7 Å². The van der Waals surface area contributed by atoms with Gasteiger partial charge in [0.1, 0.15) is 5.54 Å². The summed E-state index contributed by atoms with van der Waals surface area (Å²) < 4.78 is 0. The Bertz CT molecular complexity index is 435. The minimum atomic E-state index is -0.777. The van der Waals surface area contributed by atoms with Gasteiger partial charge in [-0.2, -0.15) is 0 Å². The Morgan fingerprint density at radius 2 is 1.85 bits per heavy atom. The van der Waals surface area contributed by atoms with E-state index in [4.69, 9.17) is 0 Å². The molecule has 0 aromatic carbocycles. The summed E-state index contributed by atoms with van der Waals surface area (Å²) >= 11 is 0. The van der Waals surface area contributed by atoms with Crippen molar-refractivity contribution in [3.63, 3.8) is 0 Å². The van der Waals surface area contributed by atoms with Crippen LogP contribution in [0.1, 0.15) is 44.9 Å². The molecule has 4 amide bonds. The van der Waals surface area contributed by atoms with E-state index in [-0.39, 0.29) is 11.8 Å². The molecule has 6 heteroatoms. The summed E-state index contributed by atoms with van der Waals surface area (Å²) in [4.78, 5) is 37.2. The second-order valence-electron chi connectivity index (χ2n) is 6.23. The van der Waals surface area contributed by atoms with Gasteiger partial charge in [-0.1, -0.05) is 12.8 Å². The van der Waals surface area contributed by atoms with Gasteiger partial charge in [0.2, 0.25) is 5.91 Å². The van der Waals surface area contributed by atoms with E-state index in [0.29, 0.717) is 38.3 Å². The van der Waals surface area contributed by atoms with Crippen molar-refractivity contribution in [3.8, 4) is 0 Å². The van der Waals surface area contributed by atoms with E-state index in [0.717, 1.165) is 0 Å². The number of amides is 4. The number of imide groups is 1. The smallest absolute Gasteiger partial charge is 0.322 e. The van der Waals surface area contributed by atoms with Crippen LogP contribution in [0.25, 0.3) is 0 Å². The highest BCUT2D eigenvalue weighted by Crippen LogP contribution is 2.30. The van der Waals surface area contributed by atoms with Crippen molar-refractivity contribution in [2.24, 2.45) is 5.92 Å². The third kappa shape index (κ3) is 2.39.